The van der Waals surface area contributed by atoms with Crippen LogP contribution in [0.25, 0.3) is 0 Å². The van der Waals surface area contributed by atoms with Crippen molar-refractivity contribution >= 4 is 0 Å². The van der Waals surface area contributed by atoms with E-state index in [1.54, 1.807) is 0 Å². The lowest BCUT2D eigenvalue weighted by molar-refractivity contribution is 0.348. The molecule has 5 unspecified atom stereocenters. The summed E-state index contributed by atoms with van der Waals surface area (Å²) < 4.78 is 0. The van der Waals surface area contributed by atoms with Crippen molar-refractivity contribution < 1.29 is 0 Å². The molecule has 0 spiro atoms. The van der Waals surface area contributed by atoms with Crippen molar-refractivity contribution in [1.29, 1.82) is 0 Å². The molecular formula is C17H32N2. The molecule has 0 radical (unpaired) electrons. The van der Waals surface area contributed by atoms with Crippen LogP contribution in [0, 0.1) is 23.7 Å². The molecule has 5 atom stereocenters. The Kier molecular flexibility index (Phi) is 4.48. The van der Waals surface area contributed by atoms with E-state index in [1.165, 1.54) is 58.0 Å². The predicted octanol–water partition coefficient (Wildman–Crippen LogP) is 3.18. The summed E-state index contributed by atoms with van der Waals surface area (Å²) in [5.41, 5.74) is 0. The molecule has 0 amide bonds. The van der Waals surface area contributed by atoms with Gasteiger partial charge in [-0.1, -0.05) is 20.3 Å². The lowest BCUT2D eigenvalue weighted by Crippen LogP contribution is -2.34. The molecule has 3 aliphatic rings. The molecule has 2 bridgehead atoms. The first-order valence-corrected chi connectivity index (χ1v) is 8.69. The van der Waals surface area contributed by atoms with E-state index < -0.39 is 0 Å². The van der Waals surface area contributed by atoms with E-state index in [4.69, 9.17) is 0 Å². The number of fused-ring (bicyclic) bond motifs is 2. The van der Waals surface area contributed by atoms with Crippen LogP contribution in [-0.2, 0) is 0 Å². The van der Waals surface area contributed by atoms with Crippen molar-refractivity contribution in [3.63, 3.8) is 0 Å². The highest BCUT2D eigenvalue weighted by Crippen LogP contribution is 2.44. The highest BCUT2D eigenvalue weighted by atomic mass is 15.0. The van der Waals surface area contributed by atoms with E-state index in [0.717, 1.165) is 35.8 Å². The van der Waals surface area contributed by atoms with Crippen LogP contribution in [0.4, 0.5) is 0 Å². The second-order valence-corrected chi connectivity index (χ2v) is 7.78. The van der Waals surface area contributed by atoms with Crippen LogP contribution in [-0.4, -0.2) is 25.2 Å². The molecule has 2 heteroatoms. The van der Waals surface area contributed by atoms with E-state index in [0.29, 0.717) is 0 Å². The molecule has 19 heavy (non-hydrogen) atoms. The number of rotatable bonds is 8. The smallest absolute Gasteiger partial charge is 0.00992 e. The summed E-state index contributed by atoms with van der Waals surface area (Å²) in [6, 6.07) is 1.73. The van der Waals surface area contributed by atoms with Crippen LogP contribution in [0.2, 0.25) is 0 Å². The largest absolute Gasteiger partial charge is 0.314 e. The molecule has 0 aromatic heterocycles. The maximum absolute atomic E-state index is 3.84. The summed E-state index contributed by atoms with van der Waals surface area (Å²) in [6.07, 6.45) is 10.3. The van der Waals surface area contributed by atoms with Crippen LogP contribution in [0.5, 0.6) is 0 Å². The van der Waals surface area contributed by atoms with Crippen molar-refractivity contribution in [3.05, 3.63) is 0 Å². The second kappa shape index (κ2) is 6.13. The number of nitrogens with one attached hydrogen (secondary N) is 2. The van der Waals surface area contributed by atoms with Crippen LogP contribution < -0.4 is 10.6 Å². The Balaban J connectivity index is 1.21. The van der Waals surface area contributed by atoms with Crippen molar-refractivity contribution in [2.75, 3.05) is 13.1 Å². The quantitative estimate of drug-likeness (QED) is 0.658. The molecule has 3 rings (SSSR count). The molecule has 3 aliphatic carbocycles. The van der Waals surface area contributed by atoms with Crippen molar-refractivity contribution in [3.8, 4) is 0 Å². The molecule has 110 valence electrons. The highest BCUT2D eigenvalue weighted by Gasteiger charge is 2.39. The van der Waals surface area contributed by atoms with Crippen molar-refractivity contribution in [2.45, 2.75) is 70.9 Å². The average Bonchev–Trinajstić information content (AvgIpc) is 2.80. The fourth-order valence-corrected chi connectivity index (χ4v) is 4.35. The number of hydrogen-bond acceptors (Lipinski definition) is 2. The van der Waals surface area contributed by atoms with Gasteiger partial charge >= 0.3 is 0 Å². The Labute approximate surface area is 119 Å². The average molecular weight is 264 g/mol. The van der Waals surface area contributed by atoms with E-state index >= 15 is 0 Å². The highest BCUT2D eigenvalue weighted by molar-refractivity contribution is 4.95. The van der Waals surface area contributed by atoms with Crippen LogP contribution >= 0.6 is 0 Å². The standard InChI is InChI=1S/C17H32N2/c1-12(2)11-19-17-10-14(17)4-3-7-18-16-9-13-5-6-15(16)8-13/h12-19H,3-11H2,1-2H3. The summed E-state index contributed by atoms with van der Waals surface area (Å²) in [5, 5.41) is 7.53. The van der Waals surface area contributed by atoms with Crippen LogP contribution in [0.15, 0.2) is 0 Å². The third-order valence-corrected chi connectivity index (χ3v) is 5.61. The van der Waals surface area contributed by atoms with Gasteiger partial charge in [0.1, 0.15) is 0 Å². The van der Waals surface area contributed by atoms with Gasteiger partial charge in [-0.25, -0.2) is 0 Å². The van der Waals surface area contributed by atoms with Gasteiger partial charge in [-0.2, -0.15) is 0 Å². The predicted molar refractivity (Wildman–Crippen MR) is 81.2 cm³/mol. The third-order valence-electron chi connectivity index (χ3n) is 5.61. The molecule has 0 saturated heterocycles. The molecule has 3 saturated carbocycles. The number of hydrogen-bond donors (Lipinski definition) is 2. The molecule has 0 heterocycles. The lowest BCUT2D eigenvalue weighted by atomic mass is 9.95. The minimum atomic E-state index is 0.792. The maximum atomic E-state index is 3.84. The molecule has 2 N–H and O–H groups in total. The Morgan fingerprint density at radius 1 is 1.00 bits per heavy atom. The Morgan fingerprint density at radius 2 is 1.89 bits per heavy atom. The van der Waals surface area contributed by atoms with Gasteiger partial charge in [0, 0.05) is 12.1 Å². The van der Waals surface area contributed by atoms with Gasteiger partial charge in [-0.3, -0.25) is 0 Å². The first kappa shape index (κ1) is 13.9. The summed E-state index contributed by atoms with van der Waals surface area (Å²) in [7, 11) is 0. The molecule has 2 nitrogen and oxygen atoms in total. The summed E-state index contributed by atoms with van der Waals surface area (Å²) in [6.45, 7) is 7.05. The van der Waals surface area contributed by atoms with Crippen LogP contribution in [0.3, 0.4) is 0 Å². The van der Waals surface area contributed by atoms with E-state index in [1.807, 2.05) is 0 Å². The Bertz CT molecular complexity index is 289. The normalized spacial score (nSPS) is 40.3. The maximum Gasteiger partial charge on any atom is 0.00992 e. The second-order valence-electron chi connectivity index (χ2n) is 7.78. The zero-order valence-electron chi connectivity index (χ0n) is 12.8. The fraction of sp³-hybridized carbons (Fsp3) is 1.00. The van der Waals surface area contributed by atoms with E-state index in [2.05, 4.69) is 24.5 Å². The monoisotopic (exact) mass is 264 g/mol. The Hall–Kier alpha value is -0.0800. The topological polar surface area (TPSA) is 24.1 Å². The van der Waals surface area contributed by atoms with Gasteiger partial charge < -0.3 is 10.6 Å². The van der Waals surface area contributed by atoms with Gasteiger partial charge in [0.05, 0.1) is 0 Å². The summed E-state index contributed by atoms with van der Waals surface area (Å²) >= 11 is 0. The first-order chi connectivity index (χ1) is 9.22. The fourth-order valence-electron chi connectivity index (χ4n) is 4.35. The van der Waals surface area contributed by atoms with E-state index in [-0.39, 0.29) is 0 Å². The van der Waals surface area contributed by atoms with Crippen LogP contribution in [0.1, 0.15) is 58.8 Å². The zero-order valence-corrected chi connectivity index (χ0v) is 12.8. The van der Waals surface area contributed by atoms with Crippen molar-refractivity contribution in [2.24, 2.45) is 23.7 Å². The molecule has 0 aromatic rings. The van der Waals surface area contributed by atoms with Gasteiger partial charge in [0.2, 0.25) is 0 Å². The molecule has 0 aliphatic heterocycles. The third kappa shape index (κ3) is 3.72. The zero-order chi connectivity index (χ0) is 13.2. The first-order valence-electron chi connectivity index (χ1n) is 8.69. The SMILES string of the molecule is CC(C)CNC1CC1CCCNC1CC2CCC1C2. The Morgan fingerprint density at radius 3 is 2.58 bits per heavy atom. The van der Waals surface area contributed by atoms with Gasteiger partial charge in [-0.05, 0) is 75.3 Å². The summed E-state index contributed by atoms with van der Waals surface area (Å²) in [5.74, 6) is 3.89. The minimum Gasteiger partial charge on any atom is -0.314 e. The van der Waals surface area contributed by atoms with Crippen molar-refractivity contribution in [1.82, 2.24) is 10.6 Å². The molecular weight excluding hydrogens is 232 g/mol. The lowest BCUT2D eigenvalue weighted by Gasteiger charge is -2.22. The van der Waals surface area contributed by atoms with Gasteiger partial charge in [0.15, 0.2) is 0 Å². The molecule has 0 aromatic carbocycles. The van der Waals surface area contributed by atoms with E-state index in [9.17, 15) is 0 Å². The van der Waals surface area contributed by atoms with Gasteiger partial charge in [0.25, 0.3) is 0 Å². The molecule has 3 fully saturated rings. The summed E-state index contributed by atoms with van der Waals surface area (Å²) in [4.78, 5) is 0. The minimum absolute atomic E-state index is 0.792. The van der Waals surface area contributed by atoms with Gasteiger partial charge in [-0.15, -0.1) is 0 Å².